The summed E-state index contributed by atoms with van der Waals surface area (Å²) in [7, 11) is 0. The summed E-state index contributed by atoms with van der Waals surface area (Å²) < 4.78 is 0. The number of nitrogens with zero attached hydrogens (tertiary/aromatic N) is 5. The number of benzene rings is 2. The van der Waals surface area contributed by atoms with E-state index in [1.54, 1.807) is 0 Å². The number of hydrogen-bond acceptors (Lipinski definition) is 6. The Morgan fingerprint density at radius 2 is 1.62 bits per heavy atom. The number of aryl methyl sites for hydroxylation is 1. The molecule has 0 aliphatic heterocycles. The quantitative estimate of drug-likeness (QED) is 0.299. The van der Waals surface area contributed by atoms with Crippen molar-refractivity contribution in [1.82, 2.24) is 25.6 Å². The van der Waals surface area contributed by atoms with E-state index in [2.05, 4.69) is 58.5 Å². The third-order valence-corrected chi connectivity index (χ3v) is 5.87. The molecule has 0 spiro atoms. The summed E-state index contributed by atoms with van der Waals surface area (Å²) in [5.41, 5.74) is 5.27. The number of nitrogens with one attached hydrogen (secondary N) is 2. The van der Waals surface area contributed by atoms with Crippen molar-refractivity contribution in [2.24, 2.45) is 11.8 Å². The first kappa shape index (κ1) is 26.0. The lowest BCUT2D eigenvalue weighted by Crippen LogP contribution is -2.32. The molecule has 0 unspecified atom stereocenters. The molecule has 8 heteroatoms. The minimum absolute atomic E-state index is 0.0716. The molecule has 2 aromatic heterocycles. The number of carbonyl (C=O) groups is 1. The first-order chi connectivity index (χ1) is 17.8. The summed E-state index contributed by atoms with van der Waals surface area (Å²) in [6.07, 6.45) is 0.300. The van der Waals surface area contributed by atoms with Gasteiger partial charge >= 0.3 is 0 Å². The lowest BCUT2D eigenvalue weighted by Gasteiger charge is -2.28. The minimum Gasteiger partial charge on any atom is -0.356 e. The second-order valence-electron chi connectivity index (χ2n) is 10.3. The smallest absolute Gasteiger partial charge is 0.228 e. The molecular weight excluding hydrogens is 462 g/mol. The van der Waals surface area contributed by atoms with Crippen LogP contribution < -0.4 is 10.2 Å². The van der Waals surface area contributed by atoms with Gasteiger partial charge in [-0.05, 0) is 35.6 Å². The molecule has 37 heavy (non-hydrogen) atoms. The summed E-state index contributed by atoms with van der Waals surface area (Å²) in [6.45, 7) is 12.6. The molecule has 2 aromatic carbocycles. The van der Waals surface area contributed by atoms with Crippen molar-refractivity contribution in [3.63, 3.8) is 0 Å². The van der Waals surface area contributed by atoms with E-state index in [1.165, 1.54) is 5.56 Å². The molecule has 0 radical (unpaired) electrons. The van der Waals surface area contributed by atoms with Crippen molar-refractivity contribution >= 4 is 17.4 Å². The summed E-state index contributed by atoms with van der Waals surface area (Å²) in [4.78, 5) is 20.4. The van der Waals surface area contributed by atoms with Crippen LogP contribution in [0.25, 0.3) is 22.6 Å². The molecular formula is C29H35N7O. The van der Waals surface area contributed by atoms with Crippen molar-refractivity contribution in [3.8, 4) is 22.6 Å². The van der Waals surface area contributed by atoms with E-state index in [0.717, 1.165) is 41.3 Å². The fraction of sp³-hybridized carbons (Fsp3) is 0.345. The maximum absolute atomic E-state index is 13.0. The number of aromatic nitrogens is 5. The van der Waals surface area contributed by atoms with Gasteiger partial charge in [-0.2, -0.15) is 5.21 Å². The zero-order valence-electron chi connectivity index (χ0n) is 22.2. The average Bonchev–Trinajstić information content (AvgIpc) is 3.39. The molecule has 8 nitrogen and oxygen atoms in total. The molecule has 0 atom stereocenters. The zero-order chi connectivity index (χ0) is 26.4. The highest BCUT2D eigenvalue weighted by molar-refractivity contribution is 5.93. The molecule has 0 fully saturated rings. The number of tetrazole rings is 1. The molecule has 1 amide bonds. The number of rotatable bonds is 10. The standard InChI is InChI=1S/C29H35N7O/c1-19(2)17-36(18-20(3)4)27-16-23(30-28(37)14-22-12-10-21(5)11-13-22)15-26(31-27)24-8-6-7-9-25(24)29-32-34-35-33-29/h6-13,15-16,19-20H,14,17-18H2,1-5H3,(H,30,31,37)(H,32,33,34,35). The highest BCUT2D eigenvalue weighted by atomic mass is 16.1. The Morgan fingerprint density at radius 1 is 0.946 bits per heavy atom. The van der Waals surface area contributed by atoms with E-state index in [9.17, 15) is 4.79 Å². The summed E-state index contributed by atoms with van der Waals surface area (Å²) in [5, 5.41) is 17.7. The van der Waals surface area contributed by atoms with Gasteiger partial charge in [0.15, 0.2) is 0 Å². The Bertz CT molecular complexity index is 1300. The fourth-order valence-corrected chi connectivity index (χ4v) is 4.31. The summed E-state index contributed by atoms with van der Waals surface area (Å²) >= 11 is 0. The van der Waals surface area contributed by atoms with Crippen LogP contribution in [0.4, 0.5) is 11.5 Å². The van der Waals surface area contributed by atoms with Crippen LogP contribution in [0.3, 0.4) is 0 Å². The van der Waals surface area contributed by atoms with Gasteiger partial charge in [-0.1, -0.05) is 81.8 Å². The van der Waals surface area contributed by atoms with Crippen LogP contribution >= 0.6 is 0 Å². The van der Waals surface area contributed by atoms with E-state index in [4.69, 9.17) is 4.98 Å². The Hall–Kier alpha value is -4.07. The monoisotopic (exact) mass is 497 g/mol. The third kappa shape index (κ3) is 7.00. The number of pyridine rings is 1. The lowest BCUT2D eigenvalue weighted by atomic mass is 10.0. The van der Waals surface area contributed by atoms with Crippen molar-refractivity contribution in [3.05, 3.63) is 71.8 Å². The normalized spacial score (nSPS) is 11.2. The number of amides is 1. The Labute approximate surface area is 218 Å². The number of carbonyl (C=O) groups excluding carboxylic acids is 1. The second-order valence-corrected chi connectivity index (χ2v) is 10.3. The molecule has 192 valence electrons. The molecule has 4 aromatic rings. The van der Waals surface area contributed by atoms with Crippen LogP contribution in [0.15, 0.2) is 60.7 Å². The maximum atomic E-state index is 13.0. The summed E-state index contributed by atoms with van der Waals surface area (Å²) in [6, 6.07) is 19.8. The number of hydrogen-bond donors (Lipinski definition) is 2. The van der Waals surface area contributed by atoms with E-state index in [1.807, 2.05) is 67.6 Å². The largest absolute Gasteiger partial charge is 0.356 e. The van der Waals surface area contributed by atoms with Gasteiger partial charge in [0.2, 0.25) is 11.7 Å². The van der Waals surface area contributed by atoms with Crippen LogP contribution in [0.5, 0.6) is 0 Å². The number of H-pyrrole nitrogens is 1. The van der Waals surface area contributed by atoms with Crippen molar-refractivity contribution in [2.45, 2.75) is 41.0 Å². The van der Waals surface area contributed by atoms with Gasteiger partial charge in [0.05, 0.1) is 12.1 Å². The first-order valence-corrected chi connectivity index (χ1v) is 12.7. The number of aromatic amines is 1. The SMILES string of the molecule is Cc1ccc(CC(=O)Nc2cc(-c3ccccc3-c3nn[nH]n3)nc(N(CC(C)C)CC(C)C)c2)cc1. The van der Waals surface area contributed by atoms with Gasteiger partial charge in [-0.15, -0.1) is 10.2 Å². The highest BCUT2D eigenvalue weighted by Gasteiger charge is 2.18. The Morgan fingerprint density at radius 3 is 2.24 bits per heavy atom. The van der Waals surface area contributed by atoms with Crippen molar-refractivity contribution in [1.29, 1.82) is 0 Å². The van der Waals surface area contributed by atoms with Gasteiger partial charge in [0.1, 0.15) is 5.82 Å². The van der Waals surface area contributed by atoms with E-state index in [-0.39, 0.29) is 5.91 Å². The second kappa shape index (κ2) is 11.8. The van der Waals surface area contributed by atoms with Crippen LogP contribution in [0.1, 0.15) is 38.8 Å². The van der Waals surface area contributed by atoms with Gasteiger partial charge in [0, 0.05) is 36.0 Å². The van der Waals surface area contributed by atoms with Crippen LogP contribution in [-0.4, -0.2) is 44.6 Å². The molecule has 0 saturated carbocycles. The van der Waals surface area contributed by atoms with Crippen LogP contribution in [0, 0.1) is 18.8 Å². The fourth-order valence-electron chi connectivity index (χ4n) is 4.31. The molecule has 2 N–H and O–H groups in total. The molecule has 2 heterocycles. The van der Waals surface area contributed by atoms with Crippen molar-refractivity contribution in [2.75, 3.05) is 23.3 Å². The van der Waals surface area contributed by atoms with Crippen LogP contribution in [0.2, 0.25) is 0 Å². The summed E-state index contributed by atoms with van der Waals surface area (Å²) in [5.74, 6) is 2.16. The van der Waals surface area contributed by atoms with Gasteiger partial charge in [-0.25, -0.2) is 4.98 Å². The minimum atomic E-state index is -0.0716. The van der Waals surface area contributed by atoms with Gasteiger partial charge in [0.25, 0.3) is 0 Å². The third-order valence-electron chi connectivity index (χ3n) is 5.87. The van der Waals surface area contributed by atoms with Crippen molar-refractivity contribution < 1.29 is 4.79 Å². The first-order valence-electron chi connectivity index (χ1n) is 12.7. The molecule has 0 aliphatic rings. The predicted octanol–water partition coefficient (Wildman–Crippen LogP) is 5.54. The zero-order valence-corrected chi connectivity index (χ0v) is 22.2. The predicted molar refractivity (Wildman–Crippen MR) is 148 cm³/mol. The van der Waals surface area contributed by atoms with E-state index < -0.39 is 0 Å². The lowest BCUT2D eigenvalue weighted by molar-refractivity contribution is -0.115. The van der Waals surface area contributed by atoms with E-state index in [0.29, 0.717) is 29.8 Å². The maximum Gasteiger partial charge on any atom is 0.228 e. The average molecular weight is 498 g/mol. The van der Waals surface area contributed by atoms with Crippen LogP contribution in [-0.2, 0) is 11.2 Å². The van der Waals surface area contributed by atoms with Gasteiger partial charge in [-0.3, -0.25) is 4.79 Å². The van der Waals surface area contributed by atoms with Gasteiger partial charge < -0.3 is 10.2 Å². The molecule has 4 rings (SSSR count). The topological polar surface area (TPSA) is 99.7 Å². The Kier molecular flexibility index (Phi) is 8.28. The highest BCUT2D eigenvalue weighted by Crippen LogP contribution is 2.32. The Balaban J connectivity index is 1.74. The molecule has 0 saturated heterocycles. The van der Waals surface area contributed by atoms with E-state index >= 15 is 0 Å². The molecule has 0 bridgehead atoms. The number of anilines is 2. The molecule has 0 aliphatic carbocycles.